The molecule has 2 aliphatic carbocycles. The molecule has 0 amide bonds. The van der Waals surface area contributed by atoms with Crippen LogP contribution in [0.1, 0.15) is 51.0 Å². The van der Waals surface area contributed by atoms with E-state index in [0.717, 1.165) is 18.9 Å². The van der Waals surface area contributed by atoms with Crippen molar-refractivity contribution < 1.29 is 4.74 Å². The zero-order chi connectivity index (χ0) is 13.3. The number of benzene rings is 1. The van der Waals surface area contributed by atoms with Crippen molar-refractivity contribution in [3.8, 4) is 5.75 Å². The molecule has 2 heteroatoms. The van der Waals surface area contributed by atoms with Crippen molar-refractivity contribution >= 4 is 0 Å². The van der Waals surface area contributed by atoms with Crippen molar-refractivity contribution in [3.05, 3.63) is 29.8 Å². The lowest BCUT2D eigenvalue weighted by molar-refractivity contribution is 0.0329. The normalized spacial score (nSPS) is 23.3. The van der Waals surface area contributed by atoms with Gasteiger partial charge in [0.2, 0.25) is 0 Å². The van der Waals surface area contributed by atoms with Gasteiger partial charge in [0, 0.05) is 12.0 Å². The SMILES string of the molecule is CCOc1ccc(C2(CN)CC3(CCCC3)C2)cc1. The first-order chi connectivity index (χ1) is 9.22. The van der Waals surface area contributed by atoms with Gasteiger partial charge in [0.25, 0.3) is 0 Å². The van der Waals surface area contributed by atoms with Crippen LogP contribution in [-0.4, -0.2) is 13.2 Å². The predicted molar refractivity (Wildman–Crippen MR) is 78.5 cm³/mol. The van der Waals surface area contributed by atoms with Gasteiger partial charge < -0.3 is 10.5 Å². The summed E-state index contributed by atoms with van der Waals surface area (Å²) in [7, 11) is 0. The van der Waals surface area contributed by atoms with Gasteiger partial charge >= 0.3 is 0 Å². The molecule has 3 rings (SSSR count). The van der Waals surface area contributed by atoms with Gasteiger partial charge in [-0.15, -0.1) is 0 Å². The fourth-order valence-electron chi connectivity index (χ4n) is 4.40. The highest BCUT2D eigenvalue weighted by atomic mass is 16.5. The van der Waals surface area contributed by atoms with E-state index in [1.54, 1.807) is 0 Å². The van der Waals surface area contributed by atoms with Crippen molar-refractivity contribution in [1.29, 1.82) is 0 Å². The van der Waals surface area contributed by atoms with Crippen LogP contribution < -0.4 is 10.5 Å². The fourth-order valence-corrected chi connectivity index (χ4v) is 4.40. The lowest BCUT2D eigenvalue weighted by Crippen LogP contribution is -2.52. The Morgan fingerprint density at radius 3 is 2.26 bits per heavy atom. The average Bonchev–Trinajstić information content (AvgIpc) is 2.87. The maximum Gasteiger partial charge on any atom is 0.119 e. The summed E-state index contributed by atoms with van der Waals surface area (Å²) in [4.78, 5) is 0. The molecule has 0 aliphatic heterocycles. The Morgan fingerprint density at radius 1 is 1.11 bits per heavy atom. The Kier molecular flexibility index (Phi) is 3.30. The zero-order valence-corrected chi connectivity index (χ0v) is 12.0. The molecule has 1 aromatic carbocycles. The summed E-state index contributed by atoms with van der Waals surface area (Å²) in [5, 5.41) is 0. The first-order valence-corrected chi connectivity index (χ1v) is 7.65. The molecular formula is C17H25NO. The molecule has 2 aliphatic rings. The van der Waals surface area contributed by atoms with Gasteiger partial charge in [0.15, 0.2) is 0 Å². The van der Waals surface area contributed by atoms with Gasteiger partial charge in [-0.05, 0) is 55.7 Å². The molecular weight excluding hydrogens is 234 g/mol. The molecule has 0 bridgehead atoms. The van der Waals surface area contributed by atoms with Crippen LogP contribution in [0.3, 0.4) is 0 Å². The van der Waals surface area contributed by atoms with Crippen LogP contribution in [-0.2, 0) is 5.41 Å². The number of hydrogen-bond donors (Lipinski definition) is 1. The highest BCUT2D eigenvalue weighted by Crippen LogP contribution is 2.62. The van der Waals surface area contributed by atoms with Gasteiger partial charge in [0.05, 0.1) is 6.61 Å². The zero-order valence-electron chi connectivity index (χ0n) is 12.0. The van der Waals surface area contributed by atoms with Crippen LogP contribution in [0, 0.1) is 5.41 Å². The third-order valence-corrected chi connectivity index (χ3v) is 5.26. The molecule has 0 aromatic heterocycles. The van der Waals surface area contributed by atoms with Crippen LogP contribution in [0.5, 0.6) is 5.75 Å². The summed E-state index contributed by atoms with van der Waals surface area (Å²) in [6.07, 6.45) is 8.28. The van der Waals surface area contributed by atoms with Crippen molar-refractivity contribution in [2.24, 2.45) is 11.1 Å². The van der Waals surface area contributed by atoms with E-state index in [-0.39, 0.29) is 5.41 Å². The number of nitrogens with two attached hydrogens (primary N) is 1. The van der Waals surface area contributed by atoms with Gasteiger partial charge in [-0.2, -0.15) is 0 Å². The second kappa shape index (κ2) is 4.82. The molecule has 2 nitrogen and oxygen atoms in total. The average molecular weight is 259 g/mol. The molecule has 2 N–H and O–H groups in total. The second-order valence-corrected chi connectivity index (χ2v) is 6.50. The monoisotopic (exact) mass is 259 g/mol. The van der Waals surface area contributed by atoms with Crippen molar-refractivity contribution in [2.75, 3.05) is 13.2 Å². The molecule has 0 heterocycles. The standard InChI is InChI=1S/C17H25NO/c1-2-19-15-7-5-14(6-8-15)17(13-18)11-16(12-17)9-3-4-10-16/h5-8H,2-4,9-13,18H2,1H3. The van der Waals surface area contributed by atoms with E-state index in [1.807, 2.05) is 6.92 Å². The Morgan fingerprint density at radius 2 is 1.74 bits per heavy atom. The lowest BCUT2D eigenvalue weighted by Gasteiger charge is -2.55. The van der Waals surface area contributed by atoms with Gasteiger partial charge in [-0.1, -0.05) is 25.0 Å². The number of hydrogen-bond acceptors (Lipinski definition) is 2. The van der Waals surface area contributed by atoms with E-state index < -0.39 is 0 Å². The number of ether oxygens (including phenoxy) is 1. The number of rotatable bonds is 4. The quantitative estimate of drug-likeness (QED) is 0.896. The van der Waals surface area contributed by atoms with Crippen LogP contribution in [0.4, 0.5) is 0 Å². The summed E-state index contributed by atoms with van der Waals surface area (Å²) >= 11 is 0. The summed E-state index contributed by atoms with van der Waals surface area (Å²) in [5.41, 5.74) is 8.41. The van der Waals surface area contributed by atoms with Crippen LogP contribution >= 0.6 is 0 Å². The summed E-state index contributed by atoms with van der Waals surface area (Å²) in [6, 6.07) is 8.63. The first kappa shape index (κ1) is 13.0. The summed E-state index contributed by atoms with van der Waals surface area (Å²) in [5.74, 6) is 0.966. The molecule has 0 saturated heterocycles. The minimum absolute atomic E-state index is 0.245. The summed E-state index contributed by atoms with van der Waals surface area (Å²) < 4.78 is 5.52. The van der Waals surface area contributed by atoms with Gasteiger partial charge in [-0.25, -0.2) is 0 Å². The molecule has 2 saturated carbocycles. The predicted octanol–water partition coefficient (Wildman–Crippen LogP) is 3.64. The van der Waals surface area contributed by atoms with E-state index in [1.165, 1.54) is 44.1 Å². The largest absolute Gasteiger partial charge is 0.494 e. The van der Waals surface area contributed by atoms with Gasteiger partial charge in [0.1, 0.15) is 5.75 Å². The Balaban J connectivity index is 1.76. The van der Waals surface area contributed by atoms with Gasteiger partial charge in [-0.3, -0.25) is 0 Å². The maximum absolute atomic E-state index is 6.12. The summed E-state index contributed by atoms with van der Waals surface area (Å²) in [6.45, 7) is 3.53. The van der Waals surface area contributed by atoms with E-state index in [4.69, 9.17) is 10.5 Å². The fraction of sp³-hybridized carbons (Fsp3) is 0.647. The highest BCUT2D eigenvalue weighted by molar-refractivity contribution is 5.36. The maximum atomic E-state index is 6.12. The highest BCUT2D eigenvalue weighted by Gasteiger charge is 2.54. The molecule has 2 fully saturated rings. The van der Waals surface area contributed by atoms with Crippen molar-refractivity contribution in [3.63, 3.8) is 0 Å². The molecule has 0 atom stereocenters. The van der Waals surface area contributed by atoms with Crippen molar-refractivity contribution in [1.82, 2.24) is 0 Å². The lowest BCUT2D eigenvalue weighted by atomic mass is 9.50. The molecule has 0 radical (unpaired) electrons. The van der Waals surface area contributed by atoms with E-state index in [2.05, 4.69) is 24.3 Å². The smallest absolute Gasteiger partial charge is 0.119 e. The molecule has 1 aromatic rings. The third kappa shape index (κ3) is 2.16. The van der Waals surface area contributed by atoms with Crippen LogP contribution in [0.25, 0.3) is 0 Å². The van der Waals surface area contributed by atoms with Crippen LogP contribution in [0.15, 0.2) is 24.3 Å². The van der Waals surface area contributed by atoms with E-state index >= 15 is 0 Å². The minimum Gasteiger partial charge on any atom is -0.494 e. The topological polar surface area (TPSA) is 35.2 Å². The van der Waals surface area contributed by atoms with E-state index in [9.17, 15) is 0 Å². The molecule has 104 valence electrons. The molecule has 0 unspecified atom stereocenters. The molecule has 1 spiro atoms. The Hall–Kier alpha value is -1.02. The van der Waals surface area contributed by atoms with E-state index in [0.29, 0.717) is 5.41 Å². The van der Waals surface area contributed by atoms with Crippen molar-refractivity contribution in [2.45, 2.75) is 50.9 Å². The second-order valence-electron chi connectivity index (χ2n) is 6.50. The Labute approximate surface area is 116 Å². The minimum atomic E-state index is 0.245. The molecule has 19 heavy (non-hydrogen) atoms. The first-order valence-electron chi connectivity index (χ1n) is 7.65. The van der Waals surface area contributed by atoms with Crippen LogP contribution in [0.2, 0.25) is 0 Å². The third-order valence-electron chi connectivity index (χ3n) is 5.26. The Bertz CT molecular complexity index is 423.